The molecule has 3 heteroatoms. The number of hydrogen-bond acceptors (Lipinski definition) is 0. The average molecular weight is 1070 g/mol. The molecule has 11 rings (SSSR count). The van der Waals surface area contributed by atoms with Crippen LogP contribution in [-0.4, -0.2) is 0 Å². The third-order valence-electron chi connectivity index (χ3n) is 15.9. The van der Waals surface area contributed by atoms with Crippen LogP contribution in [0.3, 0.4) is 0 Å². The monoisotopic (exact) mass is 1070 g/mol. The van der Waals surface area contributed by atoms with Crippen molar-refractivity contribution in [2.24, 2.45) is 0 Å². The first-order chi connectivity index (χ1) is 38.0. The highest BCUT2D eigenvalue weighted by Crippen LogP contribution is 2.42. The fraction of sp³-hybridized carbons (Fsp3) is 0.321. The first-order valence-corrected chi connectivity index (χ1v) is 29.4. The highest BCUT2D eigenvalue weighted by Gasteiger charge is 2.36. The average Bonchev–Trinajstić information content (AvgIpc) is 3.46. The van der Waals surface area contributed by atoms with E-state index in [9.17, 15) is 0 Å². The molecule has 0 bridgehead atoms. The minimum atomic E-state index is -0.0469. The third-order valence-corrected chi connectivity index (χ3v) is 15.9. The highest BCUT2D eigenvalue weighted by molar-refractivity contribution is 6.00. The first kappa shape index (κ1) is 58.2. The van der Waals surface area contributed by atoms with Crippen LogP contribution in [0, 0.1) is 6.92 Å². The molecule has 0 saturated heterocycles. The van der Waals surface area contributed by atoms with Crippen molar-refractivity contribution in [1.82, 2.24) is 0 Å². The van der Waals surface area contributed by atoms with Gasteiger partial charge in [-0.2, -0.15) is 13.7 Å². The first-order valence-electron chi connectivity index (χ1n) is 29.4. The number of hydrogen-bond donors (Lipinski definition) is 0. The smallest absolute Gasteiger partial charge is 0.193 e. The molecule has 8 aromatic carbocycles. The van der Waals surface area contributed by atoms with E-state index in [-0.39, 0.29) is 32.9 Å². The summed E-state index contributed by atoms with van der Waals surface area (Å²) in [5.41, 5.74) is 16.1. The predicted molar refractivity (Wildman–Crippen MR) is 350 cm³/mol. The zero-order valence-electron chi connectivity index (χ0n) is 52.4. The van der Waals surface area contributed by atoms with Crippen molar-refractivity contribution >= 4 is 54.1 Å². The summed E-state index contributed by atoms with van der Waals surface area (Å²) in [6.07, 6.45) is 2.23. The molecule has 0 amide bonds. The van der Waals surface area contributed by atoms with Gasteiger partial charge in [-0.1, -0.05) is 196 Å². The van der Waals surface area contributed by atoms with E-state index in [1.54, 1.807) is 0 Å². The van der Waals surface area contributed by atoms with Gasteiger partial charge in [0.1, 0.15) is 0 Å². The Hall–Kier alpha value is -7.49. The van der Waals surface area contributed by atoms with Gasteiger partial charge in [0.05, 0.1) is 22.1 Å². The molecule has 0 aliphatic heterocycles. The SMILES string of the molecule is CC(C)(C)c1ccc2ccccc2c1-c1ccc2ccccc2[n+]1C(C)(C)C.CC(C)(C)c1ccccc1-c1c2ccccc2cc[n+]1C(C)(C)C.Cc1cc(-c2c(C(C)(C)C)ccc3ccccc23)[n+](C(C)(C)C)c2ccccc12. The third kappa shape index (κ3) is 11.8. The largest absolute Gasteiger partial charge is 0.221 e. The number of rotatable bonds is 3. The molecule has 3 heterocycles. The molecule has 414 valence electrons. The normalized spacial score (nSPS) is 12.6. The number of aryl methyl sites for hydroxylation is 1. The Balaban J connectivity index is 0.000000147. The Labute approximate surface area is 486 Å². The van der Waals surface area contributed by atoms with Gasteiger partial charge in [-0.25, -0.2) is 0 Å². The number of pyridine rings is 3. The van der Waals surface area contributed by atoms with E-state index >= 15 is 0 Å². The van der Waals surface area contributed by atoms with Crippen LogP contribution in [0.25, 0.3) is 87.9 Å². The van der Waals surface area contributed by atoms with Gasteiger partial charge in [0.15, 0.2) is 22.8 Å². The quantitative estimate of drug-likeness (QED) is 0.156. The molecule has 3 nitrogen and oxygen atoms in total. The number of aromatic nitrogens is 3. The maximum absolute atomic E-state index is 2.53. The van der Waals surface area contributed by atoms with Crippen molar-refractivity contribution in [3.05, 3.63) is 223 Å². The van der Waals surface area contributed by atoms with Gasteiger partial charge in [-0.3, -0.25) is 0 Å². The lowest BCUT2D eigenvalue weighted by Gasteiger charge is -2.26. The van der Waals surface area contributed by atoms with E-state index in [4.69, 9.17) is 0 Å². The van der Waals surface area contributed by atoms with Crippen molar-refractivity contribution < 1.29 is 13.7 Å². The van der Waals surface area contributed by atoms with Gasteiger partial charge in [-0.05, 0) is 103 Å². The van der Waals surface area contributed by atoms with E-state index in [2.05, 4.69) is 346 Å². The molecular weight excluding hydrogens is 979 g/mol. The second-order valence-corrected chi connectivity index (χ2v) is 28.5. The number of nitrogens with zero attached hydrogens (tertiary/aromatic N) is 3. The van der Waals surface area contributed by atoms with E-state index in [0.717, 1.165) is 0 Å². The zero-order valence-corrected chi connectivity index (χ0v) is 52.4. The Morgan fingerprint density at radius 2 is 0.691 bits per heavy atom. The number of fused-ring (bicyclic) bond motifs is 5. The zero-order chi connectivity index (χ0) is 58.6. The number of benzene rings is 8. The summed E-state index contributed by atoms with van der Waals surface area (Å²) in [5, 5.41) is 10.4. The van der Waals surface area contributed by atoms with E-state index in [1.807, 2.05) is 0 Å². The van der Waals surface area contributed by atoms with Gasteiger partial charge in [-0.15, -0.1) is 0 Å². The maximum Gasteiger partial charge on any atom is 0.221 e. The number of para-hydroxylation sites is 2. The molecule has 3 aromatic heterocycles. The van der Waals surface area contributed by atoms with Gasteiger partial charge >= 0.3 is 0 Å². The van der Waals surface area contributed by atoms with Crippen LogP contribution in [0.2, 0.25) is 0 Å². The van der Waals surface area contributed by atoms with Crippen LogP contribution in [0.5, 0.6) is 0 Å². The second kappa shape index (κ2) is 21.8. The van der Waals surface area contributed by atoms with E-state index in [1.165, 1.54) is 110 Å². The Morgan fingerprint density at radius 1 is 0.296 bits per heavy atom. The van der Waals surface area contributed by atoms with Crippen molar-refractivity contribution in [2.75, 3.05) is 0 Å². The van der Waals surface area contributed by atoms with Crippen molar-refractivity contribution in [3.8, 4) is 33.8 Å². The van der Waals surface area contributed by atoms with Crippen LogP contribution in [0.4, 0.5) is 0 Å². The van der Waals surface area contributed by atoms with Crippen LogP contribution in [0.1, 0.15) is 147 Å². The topological polar surface area (TPSA) is 11.6 Å². The minimum Gasteiger partial charge on any atom is -0.193 e. The Morgan fingerprint density at radius 3 is 1.20 bits per heavy atom. The summed E-state index contributed by atoms with van der Waals surface area (Å²) in [6, 6.07) is 71.0. The predicted octanol–water partition coefficient (Wildman–Crippen LogP) is 20.2. The van der Waals surface area contributed by atoms with E-state index in [0.29, 0.717) is 0 Å². The lowest BCUT2D eigenvalue weighted by molar-refractivity contribution is -0.743. The van der Waals surface area contributed by atoms with Gasteiger partial charge < -0.3 is 0 Å². The molecule has 0 radical (unpaired) electrons. The highest BCUT2D eigenvalue weighted by atomic mass is 15.1. The fourth-order valence-electron chi connectivity index (χ4n) is 12.2. The minimum absolute atomic E-state index is 0.0182. The molecule has 81 heavy (non-hydrogen) atoms. The Kier molecular flexibility index (Phi) is 15.6. The van der Waals surface area contributed by atoms with Gasteiger partial charge in [0.2, 0.25) is 28.1 Å². The Bertz CT molecular complexity index is 4110. The summed E-state index contributed by atoms with van der Waals surface area (Å²) >= 11 is 0. The van der Waals surface area contributed by atoms with Gasteiger partial charge in [0, 0.05) is 103 Å². The molecule has 0 aliphatic carbocycles. The van der Waals surface area contributed by atoms with Crippen molar-refractivity contribution in [2.45, 2.75) is 164 Å². The summed E-state index contributed by atoms with van der Waals surface area (Å²) in [6.45, 7) is 43.6. The summed E-state index contributed by atoms with van der Waals surface area (Å²) in [7, 11) is 0. The fourth-order valence-corrected chi connectivity index (χ4v) is 12.2. The van der Waals surface area contributed by atoms with Crippen LogP contribution in [0.15, 0.2) is 200 Å². The van der Waals surface area contributed by atoms with Crippen molar-refractivity contribution in [3.63, 3.8) is 0 Å². The summed E-state index contributed by atoms with van der Waals surface area (Å²) in [4.78, 5) is 0. The van der Waals surface area contributed by atoms with E-state index < -0.39 is 0 Å². The molecule has 0 unspecified atom stereocenters. The molecule has 0 aliphatic rings. The standard InChI is InChI=1S/C28H32N.C27H30N.C23H28N/c1-19-18-25(29(28(5,6)7)24-15-11-10-13-21(19)24)26-22-14-9-8-12-20(22)16-17-23(26)27(2,3)4;1-26(2,3)22-17-15-19-11-7-9-13-21(19)25(22)24-18-16-20-12-8-10-14-23(20)28(24)27(4,5)6;1-22(2,3)20-14-10-9-13-19(20)21-18-12-8-7-11-17(18)15-16-24(21)23(4,5)6/h8-18H,1-7H3;7-18H,1-6H3;7-16H,1-6H3/q3*+1. The molecule has 0 saturated carbocycles. The molecule has 11 aromatic rings. The molecule has 0 fully saturated rings. The van der Waals surface area contributed by atoms with Crippen LogP contribution in [-0.2, 0) is 32.9 Å². The van der Waals surface area contributed by atoms with Crippen LogP contribution >= 0.6 is 0 Å². The van der Waals surface area contributed by atoms with Crippen molar-refractivity contribution in [1.29, 1.82) is 0 Å². The molecule has 0 spiro atoms. The second-order valence-electron chi connectivity index (χ2n) is 28.5. The molecule has 0 N–H and O–H groups in total. The van der Waals surface area contributed by atoms with Crippen LogP contribution < -0.4 is 13.7 Å². The summed E-state index contributed by atoms with van der Waals surface area (Å²) < 4.78 is 7.46. The molecule has 0 atom stereocenters. The lowest BCUT2D eigenvalue weighted by atomic mass is 9.80. The van der Waals surface area contributed by atoms with Gasteiger partial charge in [0.25, 0.3) is 0 Å². The summed E-state index contributed by atoms with van der Waals surface area (Å²) in [5.74, 6) is 0. The molecular formula is C78H90N3+3. The maximum atomic E-state index is 2.53. The lowest BCUT2D eigenvalue weighted by Crippen LogP contribution is -2.52.